The van der Waals surface area contributed by atoms with Crippen molar-refractivity contribution < 1.29 is 4.79 Å². The number of hydrogen-bond donors (Lipinski definition) is 2. The van der Waals surface area contributed by atoms with Crippen molar-refractivity contribution in [1.29, 1.82) is 5.26 Å². The van der Waals surface area contributed by atoms with E-state index in [1.807, 2.05) is 0 Å². The number of nitrogens with zero attached hydrogens (tertiary/aromatic N) is 1. The Morgan fingerprint density at radius 3 is 3.10 bits per heavy atom. The van der Waals surface area contributed by atoms with E-state index >= 15 is 0 Å². The van der Waals surface area contributed by atoms with Crippen LogP contribution in [-0.4, -0.2) is 18.5 Å². The van der Waals surface area contributed by atoms with Crippen molar-refractivity contribution in [3.63, 3.8) is 0 Å². The normalized spacial score (nSPS) is 27.9. The van der Waals surface area contributed by atoms with Gasteiger partial charge >= 0.3 is 0 Å². The molecular formula is C15H16BrN3O. The summed E-state index contributed by atoms with van der Waals surface area (Å²) in [4.78, 5) is 12.4. The first-order chi connectivity index (χ1) is 9.69. The molecule has 0 spiro atoms. The molecule has 5 heteroatoms. The van der Waals surface area contributed by atoms with Crippen LogP contribution < -0.4 is 10.6 Å². The molecule has 0 bridgehead atoms. The molecule has 3 rings (SSSR count). The molecule has 1 aliphatic carbocycles. The first-order valence-corrected chi connectivity index (χ1v) is 7.72. The third-order valence-corrected chi connectivity index (χ3v) is 4.88. The molecule has 1 heterocycles. The van der Waals surface area contributed by atoms with E-state index in [2.05, 4.69) is 32.6 Å². The van der Waals surface area contributed by atoms with Crippen molar-refractivity contribution in [2.24, 2.45) is 11.8 Å². The summed E-state index contributed by atoms with van der Waals surface area (Å²) in [5.41, 5.74) is 1.07. The fourth-order valence-electron chi connectivity index (χ4n) is 3.40. The maximum atomic E-state index is 12.4. The Balaban J connectivity index is 1.76. The predicted octanol–water partition coefficient (Wildman–Crippen LogP) is 2.65. The van der Waals surface area contributed by atoms with Gasteiger partial charge in [-0.05, 0) is 49.4 Å². The first kappa shape index (κ1) is 13.6. The number of nitrogens with one attached hydrogen (secondary N) is 2. The van der Waals surface area contributed by atoms with Gasteiger partial charge in [0.15, 0.2) is 0 Å². The lowest BCUT2D eigenvalue weighted by atomic mass is 9.93. The van der Waals surface area contributed by atoms with Gasteiger partial charge in [-0.1, -0.05) is 22.4 Å². The molecule has 1 saturated carbocycles. The highest BCUT2D eigenvalue weighted by Gasteiger charge is 2.42. The monoisotopic (exact) mass is 333 g/mol. The molecule has 1 aromatic carbocycles. The molecular weight excluding hydrogens is 318 g/mol. The highest BCUT2D eigenvalue weighted by Crippen LogP contribution is 2.38. The second-order valence-corrected chi connectivity index (χ2v) is 6.45. The van der Waals surface area contributed by atoms with Gasteiger partial charge in [0.2, 0.25) is 5.91 Å². The Morgan fingerprint density at radius 1 is 1.45 bits per heavy atom. The van der Waals surface area contributed by atoms with Crippen LogP contribution in [0, 0.1) is 23.2 Å². The van der Waals surface area contributed by atoms with E-state index in [0.717, 1.165) is 17.4 Å². The lowest BCUT2D eigenvalue weighted by Crippen LogP contribution is -2.39. The zero-order valence-electron chi connectivity index (χ0n) is 11.0. The second-order valence-electron chi connectivity index (χ2n) is 5.53. The number of carbonyl (C=O) groups is 1. The van der Waals surface area contributed by atoms with Crippen LogP contribution >= 0.6 is 15.9 Å². The van der Waals surface area contributed by atoms with Crippen LogP contribution in [0.25, 0.3) is 0 Å². The number of halogens is 1. The molecule has 104 valence electrons. The standard InChI is InChI=1S/C15H16BrN3O/c16-11-5-4-9(7-17)13(6-11)19-15(20)14-12-3-1-2-10(12)8-18-14/h4-6,10,12,14,18H,1-3,8H2,(H,19,20). The summed E-state index contributed by atoms with van der Waals surface area (Å²) in [6, 6.07) is 7.28. The van der Waals surface area contributed by atoms with Crippen molar-refractivity contribution in [2.75, 3.05) is 11.9 Å². The van der Waals surface area contributed by atoms with Crippen molar-refractivity contribution in [3.8, 4) is 6.07 Å². The smallest absolute Gasteiger partial charge is 0.241 e. The predicted molar refractivity (Wildman–Crippen MR) is 80.1 cm³/mol. The molecule has 3 unspecified atom stereocenters. The molecule has 2 N–H and O–H groups in total. The number of fused-ring (bicyclic) bond motifs is 1. The molecule has 2 fully saturated rings. The highest BCUT2D eigenvalue weighted by atomic mass is 79.9. The molecule has 0 radical (unpaired) electrons. The third-order valence-electron chi connectivity index (χ3n) is 4.39. The zero-order chi connectivity index (χ0) is 14.1. The number of nitriles is 1. The molecule has 1 aliphatic heterocycles. The van der Waals surface area contributed by atoms with E-state index < -0.39 is 0 Å². The first-order valence-electron chi connectivity index (χ1n) is 6.93. The van der Waals surface area contributed by atoms with Crippen LogP contribution in [0.1, 0.15) is 24.8 Å². The van der Waals surface area contributed by atoms with Crippen LogP contribution in [0.5, 0.6) is 0 Å². The molecule has 4 nitrogen and oxygen atoms in total. The zero-order valence-corrected chi connectivity index (χ0v) is 12.6. The van der Waals surface area contributed by atoms with Crippen LogP contribution in [0.4, 0.5) is 5.69 Å². The number of anilines is 1. The average molecular weight is 334 g/mol. The summed E-state index contributed by atoms with van der Waals surface area (Å²) < 4.78 is 0.852. The summed E-state index contributed by atoms with van der Waals surface area (Å²) in [7, 11) is 0. The van der Waals surface area contributed by atoms with Crippen LogP contribution in [-0.2, 0) is 4.79 Å². The summed E-state index contributed by atoms with van der Waals surface area (Å²) in [6.07, 6.45) is 3.57. The number of hydrogen-bond acceptors (Lipinski definition) is 3. The Hall–Kier alpha value is -1.38. The van der Waals surface area contributed by atoms with Gasteiger partial charge in [0.1, 0.15) is 6.07 Å². The molecule has 3 atom stereocenters. The SMILES string of the molecule is N#Cc1ccc(Br)cc1NC(=O)C1NCC2CCCC21. The molecule has 1 saturated heterocycles. The minimum Gasteiger partial charge on any atom is -0.323 e. The van der Waals surface area contributed by atoms with Crippen LogP contribution in [0.2, 0.25) is 0 Å². The largest absolute Gasteiger partial charge is 0.323 e. The van der Waals surface area contributed by atoms with Crippen molar-refractivity contribution >= 4 is 27.5 Å². The fraction of sp³-hybridized carbons (Fsp3) is 0.467. The van der Waals surface area contributed by atoms with E-state index in [1.54, 1.807) is 18.2 Å². The Kier molecular flexibility index (Phi) is 3.77. The van der Waals surface area contributed by atoms with Gasteiger partial charge in [-0.15, -0.1) is 0 Å². The van der Waals surface area contributed by atoms with Crippen molar-refractivity contribution in [2.45, 2.75) is 25.3 Å². The summed E-state index contributed by atoms with van der Waals surface area (Å²) in [6.45, 7) is 0.937. The quantitative estimate of drug-likeness (QED) is 0.874. The lowest BCUT2D eigenvalue weighted by Gasteiger charge is -2.18. The van der Waals surface area contributed by atoms with Gasteiger partial charge in [0, 0.05) is 4.47 Å². The van der Waals surface area contributed by atoms with Gasteiger partial charge in [-0.25, -0.2) is 0 Å². The summed E-state index contributed by atoms with van der Waals surface area (Å²) >= 11 is 3.37. The molecule has 2 aliphatic rings. The Morgan fingerprint density at radius 2 is 2.30 bits per heavy atom. The second kappa shape index (κ2) is 5.55. The minimum atomic E-state index is -0.118. The highest BCUT2D eigenvalue weighted by molar-refractivity contribution is 9.10. The van der Waals surface area contributed by atoms with Gasteiger partial charge in [-0.2, -0.15) is 5.26 Å². The number of benzene rings is 1. The van der Waals surface area contributed by atoms with E-state index in [4.69, 9.17) is 5.26 Å². The van der Waals surface area contributed by atoms with Crippen molar-refractivity contribution in [3.05, 3.63) is 28.2 Å². The number of amides is 1. The van der Waals surface area contributed by atoms with Crippen LogP contribution in [0.15, 0.2) is 22.7 Å². The molecule has 0 aromatic heterocycles. The topological polar surface area (TPSA) is 64.9 Å². The average Bonchev–Trinajstić information content (AvgIpc) is 3.01. The third kappa shape index (κ3) is 2.46. The van der Waals surface area contributed by atoms with Crippen molar-refractivity contribution in [1.82, 2.24) is 5.32 Å². The van der Waals surface area contributed by atoms with Gasteiger partial charge in [0.05, 0.1) is 17.3 Å². The maximum absolute atomic E-state index is 12.4. The Bertz CT molecular complexity index is 581. The van der Waals surface area contributed by atoms with E-state index in [0.29, 0.717) is 23.1 Å². The molecule has 1 amide bonds. The number of carbonyl (C=O) groups excluding carboxylic acids is 1. The van der Waals surface area contributed by atoms with E-state index in [1.165, 1.54) is 12.8 Å². The van der Waals surface area contributed by atoms with Crippen LogP contribution in [0.3, 0.4) is 0 Å². The Labute approximate surface area is 126 Å². The van der Waals surface area contributed by atoms with E-state index in [-0.39, 0.29) is 11.9 Å². The van der Waals surface area contributed by atoms with Gasteiger partial charge in [-0.3, -0.25) is 4.79 Å². The molecule has 20 heavy (non-hydrogen) atoms. The maximum Gasteiger partial charge on any atom is 0.241 e. The fourth-order valence-corrected chi connectivity index (χ4v) is 3.76. The van der Waals surface area contributed by atoms with Gasteiger partial charge in [0.25, 0.3) is 0 Å². The molecule has 1 aromatic rings. The minimum absolute atomic E-state index is 0.0194. The number of rotatable bonds is 2. The summed E-state index contributed by atoms with van der Waals surface area (Å²) in [5.74, 6) is 1.07. The summed E-state index contributed by atoms with van der Waals surface area (Å²) in [5, 5.41) is 15.3. The van der Waals surface area contributed by atoms with E-state index in [9.17, 15) is 4.79 Å². The van der Waals surface area contributed by atoms with Gasteiger partial charge < -0.3 is 10.6 Å². The lowest BCUT2D eigenvalue weighted by molar-refractivity contribution is -0.118.